The Kier molecular flexibility index (Phi) is 22.3. The standard InChI is InChI=1S/C21H19F2N3O2.C20H18F2N4O2.C20H17F2N3O2.C19H15F2N3O2/c22-13-7-4-12(5-8-13)6-9-17-15-10-19(16(23)11-18(15)26-25-17)24-21(28)14-2-1-3-20(14)27;21-12-4-1-11(2-5-12)3-6-16-14-8-18(15(22)9-17(14)26-25-16)24-20(28)19-7-13(27)10-23-19;21-13-4-1-12(2-5-13)3-6-16-14-9-18(15(22)10-17(14)25-24-16)23-19(27)20(11-26)7-8-20;20-12-4-1-11(2-5-12)3-6-15-13-9-17(14(21)10-16(13)24-23-15)22-18(25)19(26)7-8-19/h4-11,14,20,27H,1-3H2,(H,24,28)(H,25,26);1-6,8-9,13,19,23,27H,7,10H2,(H,24,28)(H,25,26);1-6,9-10,26H,7-8,11H2,(H,23,27)(H,24,25);1-6,9-10,26H,7-8H2,(H,22,25)(H,23,24)/b9-6+;3*6-3+/t14-,20+;13-,19+;;/m11../s1. The van der Waals surface area contributed by atoms with E-state index in [0.29, 0.717) is 111 Å². The van der Waals surface area contributed by atoms with Gasteiger partial charge >= 0.3 is 0 Å². The van der Waals surface area contributed by atoms with Gasteiger partial charge < -0.3 is 47.0 Å². The average molecular weight is 1490 g/mol. The van der Waals surface area contributed by atoms with Crippen molar-refractivity contribution in [1.29, 1.82) is 0 Å². The molecular formula is C80H69F8N13O8. The predicted octanol–water partition coefficient (Wildman–Crippen LogP) is 14.0. The lowest BCUT2D eigenvalue weighted by molar-refractivity contribution is -0.126. The Morgan fingerprint density at radius 1 is 0.431 bits per heavy atom. The number of halogens is 8. The lowest BCUT2D eigenvalue weighted by Crippen LogP contribution is -2.35. The number of amides is 4. The molecule has 4 atom stereocenters. The van der Waals surface area contributed by atoms with Gasteiger partial charge in [-0.3, -0.25) is 39.6 Å². The maximum Gasteiger partial charge on any atom is 0.256 e. The molecule has 0 unspecified atom stereocenters. The Hall–Kier alpha value is -12.3. The predicted molar refractivity (Wildman–Crippen MR) is 399 cm³/mol. The van der Waals surface area contributed by atoms with Crippen molar-refractivity contribution in [2.75, 3.05) is 34.4 Å². The van der Waals surface area contributed by atoms with Crippen molar-refractivity contribution in [3.63, 3.8) is 0 Å². The highest BCUT2D eigenvalue weighted by atomic mass is 19.2. The summed E-state index contributed by atoms with van der Waals surface area (Å²) in [6.07, 6.45) is 16.9. The van der Waals surface area contributed by atoms with Crippen molar-refractivity contribution in [2.45, 2.75) is 75.2 Å². The van der Waals surface area contributed by atoms with E-state index in [1.54, 1.807) is 97.1 Å². The third-order valence-electron chi connectivity index (χ3n) is 19.0. The third kappa shape index (κ3) is 18.1. The highest BCUT2D eigenvalue weighted by Gasteiger charge is 2.50. The highest BCUT2D eigenvalue weighted by molar-refractivity contribution is 6.04. The Labute approximate surface area is 614 Å². The molecule has 109 heavy (non-hydrogen) atoms. The van der Waals surface area contributed by atoms with Gasteiger partial charge in [0.1, 0.15) is 52.1 Å². The molecule has 16 rings (SSSR count). The Balaban J connectivity index is 0.000000128. The van der Waals surface area contributed by atoms with E-state index in [-0.39, 0.29) is 70.9 Å². The molecule has 1 aliphatic heterocycles. The second kappa shape index (κ2) is 32.4. The Morgan fingerprint density at radius 3 is 1.06 bits per heavy atom. The first-order valence-corrected chi connectivity index (χ1v) is 34.6. The lowest BCUT2D eigenvalue weighted by atomic mass is 10.0. The molecule has 558 valence electrons. The summed E-state index contributed by atoms with van der Waals surface area (Å²) in [5, 5.41) is 81.8. The van der Waals surface area contributed by atoms with Gasteiger partial charge in [-0.1, -0.05) is 72.8 Å². The molecule has 12 aromatic rings. The van der Waals surface area contributed by atoms with Crippen LogP contribution >= 0.6 is 0 Å². The molecule has 1 saturated heterocycles. The molecule has 8 aromatic carbocycles. The normalized spacial score (nSPS) is 17.5. The van der Waals surface area contributed by atoms with Crippen LogP contribution in [-0.2, 0) is 19.2 Å². The number of benzene rings is 8. The summed E-state index contributed by atoms with van der Waals surface area (Å²) in [7, 11) is 0. The number of aromatic nitrogens is 8. The number of β-amino-alcohol motifs (C(OH)–C–C–N with tert-alkyl or cyclic N) is 1. The minimum Gasteiger partial charge on any atom is -0.395 e. The van der Waals surface area contributed by atoms with Crippen LogP contribution in [0.2, 0.25) is 0 Å². The minimum absolute atomic E-state index is 0.0133. The van der Waals surface area contributed by atoms with Crippen LogP contribution in [0.3, 0.4) is 0 Å². The van der Waals surface area contributed by atoms with Gasteiger partial charge in [0.2, 0.25) is 17.7 Å². The minimum atomic E-state index is -1.39. The Morgan fingerprint density at radius 2 is 0.761 bits per heavy atom. The number of fused-ring (bicyclic) bond motifs is 4. The summed E-state index contributed by atoms with van der Waals surface area (Å²) < 4.78 is 109. The molecule has 0 radical (unpaired) electrons. The number of anilines is 4. The van der Waals surface area contributed by atoms with E-state index in [1.807, 2.05) is 0 Å². The summed E-state index contributed by atoms with van der Waals surface area (Å²) >= 11 is 0. The van der Waals surface area contributed by atoms with Gasteiger partial charge in [0.15, 0.2) is 0 Å². The van der Waals surface area contributed by atoms with Crippen LogP contribution in [-0.4, -0.2) is 122 Å². The SMILES string of the molecule is O=C(Nc1cc2c(/C=C/c3ccc(F)cc3)n[nH]c2cc1F)C1(CO)CC1.O=C(Nc1cc2c(/C=C/c3ccc(F)cc3)n[nH]c2cc1F)C1(O)CC1.O=C(Nc1cc2c(/C=C/c3ccc(F)cc3)n[nH]c2cc1F)[C@@H]1CCC[C@@H]1O.O=C(Nc1cc2c(/C=C/c3ccc(F)cc3)n[nH]c2cc1F)[C@@H]1C[C@@H](O)CN1. The first kappa shape index (κ1) is 75.0. The zero-order valence-corrected chi connectivity index (χ0v) is 57.6. The molecule has 21 nitrogen and oxygen atoms in total. The number of aromatic amines is 4. The molecule has 4 aliphatic rings. The summed E-state index contributed by atoms with van der Waals surface area (Å²) in [5.41, 5.74) is 5.30. The van der Waals surface area contributed by atoms with Gasteiger partial charge in [0, 0.05) is 52.4 Å². The molecule has 3 aliphatic carbocycles. The number of aliphatic hydroxyl groups is 4. The molecule has 4 aromatic heterocycles. The van der Waals surface area contributed by atoms with Gasteiger partial charge in [-0.2, -0.15) is 20.4 Å². The number of nitrogens with zero attached hydrogens (tertiary/aromatic N) is 4. The van der Waals surface area contributed by atoms with E-state index < -0.39 is 70.3 Å². The van der Waals surface area contributed by atoms with Crippen molar-refractivity contribution in [3.8, 4) is 0 Å². The van der Waals surface area contributed by atoms with Gasteiger partial charge in [-0.05, 0) is 171 Å². The quantitative estimate of drug-likeness (QED) is 0.0378. The van der Waals surface area contributed by atoms with E-state index in [9.17, 15) is 74.7 Å². The summed E-state index contributed by atoms with van der Waals surface area (Å²) in [5.74, 6) is -5.91. The zero-order valence-electron chi connectivity index (χ0n) is 57.6. The highest BCUT2D eigenvalue weighted by Crippen LogP contribution is 2.46. The van der Waals surface area contributed by atoms with Gasteiger partial charge in [0.25, 0.3) is 5.91 Å². The van der Waals surface area contributed by atoms with Crippen LogP contribution in [0.5, 0.6) is 0 Å². The smallest absolute Gasteiger partial charge is 0.256 e. The van der Waals surface area contributed by atoms with Crippen molar-refractivity contribution >= 4 is 139 Å². The fourth-order valence-electron chi connectivity index (χ4n) is 12.2. The van der Waals surface area contributed by atoms with E-state index in [4.69, 9.17) is 0 Å². The molecule has 13 N–H and O–H groups in total. The fourth-order valence-corrected chi connectivity index (χ4v) is 12.2. The van der Waals surface area contributed by atoms with Crippen LogP contribution in [0, 0.1) is 57.9 Å². The molecule has 4 amide bonds. The molecular weight excluding hydrogens is 1420 g/mol. The number of aliphatic hydroxyl groups excluding tert-OH is 3. The topological polar surface area (TPSA) is 324 Å². The maximum atomic E-state index is 14.4. The monoisotopic (exact) mass is 1490 g/mol. The molecule has 0 bridgehead atoms. The van der Waals surface area contributed by atoms with Crippen molar-refractivity contribution in [2.24, 2.45) is 11.3 Å². The number of hydrogen-bond donors (Lipinski definition) is 13. The second-order valence-corrected chi connectivity index (χ2v) is 26.8. The number of H-pyrrole nitrogens is 4. The van der Waals surface area contributed by atoms with E-state index in [1.165, 1.54) is 97.1 Å². The van der Waals surface area contributed by atoms with E-state index in [0.717, 1.165) is 28.7 Å². The summed E-state index contributed by atoms with van der Waals surface area (Å²) in [6, 6.07) is 34.5. The number of nitrogens with one attached hydrogen (secondary N) is 9. The Bertz CT molecular complexity index is 5500. The van der Waals surface area contributed by atoms with Crippen molar-refractivity contribution in [3.05, 3.63) is 237 Å². The molecule has 3 saturated carbocycles. The lowest BCUT2D eigenvalue weighted by Gasteiger charge is -2.14. The van der Waals surface area contributed by atoms with Crippen LogP contribution in [0.15, 0.2) is 146 Å². The molecule has 4 fully saturated rings. The van der Waals surface area contributed by atoms with Crippen molar-refractivity contribution < 1.29 is 74.7 Å². The van der Waals surface area contributed by atoms with Crippen LogP contribution in [0.25, 0.3) is 92.2 Å². The van der Waals surface area contributed by atoms with E-state index >= 15 is 0 Å². The molecule has 5 heterocycles. The number of rotatable bonds is 17. The number of hydrogen-bond acceptors (Lipinski definition) is 13. The van der Waals surface area contributed by atoms with Crippen LogP contribution < -0.4 is 26.6 Å². The molecule has 0 spiro atoms. The van der Waals surface area contributed by atoms with Gasteiger partial charge in [-0.15, -0.1) is 0 Å². The third-order valence-corrected chi connectivity index (χ3v) is 19.0. The second-order valence-electron chi connectivity index (χ2n) is 26.8. The molecule has 29 heteroatoms. The maximum absolute atomic E-state index is 14.4. The first-order chi connectivity index (χ1) is 52.4. The van der Waals surface area contributed by atoms with Crippen molar-refractivity contribution in [1.82, 2.24) is 46.1 Å². The summed E-state index contributed by atoms with van der Waals surface area (Å²) in [6.45, 7) is 0.0831. The van der Waals surface area contributed by atoms with Gasteiger partial charge in [0.05, 0.1) is 104 Å². The van der Waals surface area contributed by atoms with Crippen LogP contribution in [0.1, 0.15) is 96.4 Å². The zero-order chi connectivity index (χ0) is 76.7. The summed E-state index contributed by atoms with van der Waals surface area (Å²) in [4.78, 5) is 48.9. The fraction of sp³-hybridized carbons (Fsp3) is 0.200. The van der Waals surface area contributed by atoms with E-state index in [2.05, 4.69) is 67.4 Å². The number of carbonyl (C=O) groups excluding carboxylic acids is 4. The average Bonchev–Trinajstić information content (AvgIpc) is 1.65. The first-order valence-electron chi connectivity index (χ1n) is 34.6. The number of carbonyl (C=O) groups is 4. The van der Waals surface area contributed by atoms with Crippen LogP contribution in [0.4, 0.5) is 57.9 Å². The largest absolute Gasteiger partial charge is 0.395 e. The van der Waals surface area contributed by atoms with Gasteiger partial charge in [-0.25, -0.2) is 35.1 Å².